The molecule has 0 radical (unpaired) electrons. The topological polar surface area (TPSA) is 42.2 Å². The minimum Gasteiger partial charge on any atom is -0.451 e. The number of carbonyl (C=O) groups excluding carboxylic acids is 1. The van der Waals surface area contributed by atoms with E-state index in [0.717, 1.165) is 27.3 Å². The van der Waals surface area contributed by atoms with Crippen LogP contribution in [0.2, 0.25) is 0 Å². The Morgan fingerprint density at radius 2 is 1.63 bits per heavy atom. The van der Waals surface area contributed by atoms with Crippen LogP contribution < -0.4 is 5.32 Å². The van der Waals surface area contributed by atoms with Gasteiger partial charge >= 0.3 is 0 Å². The standard InChI is InChI=1S/C24H23NO2/c1-14-11-16(3)20(12-15(14)2)17(4)25-24(26)23-13-21-19-8-6-5-7-18(19)9-10-22(21)27-23/h5-13,17H,1-4H3,(H,25,26)/t17-/m1/s1. The fourth-order valence-corrected chi connectivity index (χ4v) is 3.70. The quantitative estimate of drug-likeness (QED) is 0.488. The van der Waals surface area contributed by atoms with Crippen LogP contribution >= 0.6 is 0 Å². The summed E-state index contributed by atoms with van der Waals surface area (Å²) in [6.07, 6.45) is 0. The summed E-state index contributed by atoms with van der Waals surface area (Å²) in [5.41, 5.74) is 5.54. The highest BCUT2D eigenvalue weighted by Crippen LogP contribution is 2.29. The van der Waals surface area contributed by atoms with Gasteiger partial charge in [-0.15, -0.1) is 0 Å². The van der Waals surface area contributed by atoms with Gasteiger partial charge < -0.3 is 9.73 Å². The maximum Gasteiger partial charge on any atom is 0.287 e. The Labute approximate surface area is 159 Å². The average Bonchev–Trinajstić information content (AvgIpc) is 3.09. The van der Waals surface area contributed by atoms with Crippen LogP contribution in [0.3, 0.4) is 0 Å². The van der Waals surface area contributed by atoms with Crippen LogP contribution in [-0.4, -0.2) is 5.91 Å². The highest BCUT2D eigenvalue weighted by Gasteiger charge is 2.18. The zero-order valence-corrected chi connectivity index (χ0v) is 16.1. The first-order valence-electron chi connectivity index (χ1n) is 9.24. The number of nitrogens with one attached hydrogen (secondary N) is 1. The minimum absolute atomic E-state index is 0.0956. The van der Waals surface area contributed by atoms with Crippen molar-refractivity contribution in [2.75, 3.05) is 0 Å². The summed E-state index contributed by atoms with van der Waals surface area (Å²) in [5.74, 6) is 0.148. The van der Waals surface area contributed by atoms with Crippen molar-refractivity contribution in [3.05, 3.63) is 82.6 Å². The van der Waals surface area contributed by atoms with Gasteiger partial charge in [0.25, 0.3) is 5.91 Å². The number of aryl methyl sites for hydroxylation is 3. The zero-order valence-electron chi connectivity index (χ0n) is 16.1. The molecule has 1 aromatic heterocycles. The molecule has 3 heteroatoms. The van der Waals surface area contributed by atoms with Gasteiger partial charge in [0.05, 0.1) is 6.04 Å². The van der Waals surface area contributed by atoms with E-state index in [4.69, 9.17) is 4.42 Å². The molecule has 3 aromatic carbocycles. The molecule has 1 heterocycles. The maximum atomic E-state index is 12.8. The molecule has 1 amide bonds. The Hall–Kier alpha value is -3.07. The van der Waals surface area contributed by atoms with Gasteiger partial charge in [-0.1, -0.05) is 42.5 Å². The summed E-state index contributed by atoms with van der Waals surface area (Å²) >= 11 is 0. The molecule has 0 aliphatic carbocycles. The lowest BCUT2D eigenvalue weighted by atomic mass is 9.96. The molecule has 0 saturated carbocycles. The lowest BCUT2D eigenvalue weighted by Gasteiger charge is -2.17. The van der Waals surface area contributed by atoms with Crippen LogP contribution in [0.15, 0.2) is 59.0 Å². The summed E-state index contributed by atoms with van der Waals surface area (Å²) < 4.78 is 5.84. The van der Waals surface area contributed by atoms with E-state index in [1.807, 2.05) is 37.3 Å². The molecule has 1 atom stereocenters. The molecule has 3 nitrogen and oxygen atoms in total. The van der Waals surface area contributed by atoms with E-state index in [1.165, 1.54) is 16.7 Å². The first-order valence-corrected chi connectivity index (χ1v) is 9.24. The van der Waals surface area contributed by atoms with Gasteiger partial charge in [0.1, 0.15) is 5.58 Å². The van der Waals surface area contributed by atoms with Crippen molar-refractivity contribution < 1.29 is 9.21 Å². The smallest absolute Gasteiger partial charge is 0.287 e. The van der Waals surface area contributed by atoms with Gasteiger partial charge in [0.2, 0.25) is 0 Å². The normalized spacial score (nSPS) is 12.4. The number of fused-ring (bicyclic) bond motifs is 3. The van der Waals surface area contributed by atoms with Crippen molar-refractivity contribution in [2.24, 2.45) is 0 Å². The Morgan fingerprint density at radius 3 is 2.44 bits per heavy atom. The molecule has 0 spiro atoms. The lowest BCUT2D eigenvalue weighted by Crippen LogP contribution is -2.26. The number of hydrogen-bond donors (Lipinski definition) is 1. The van der Waals surface area contributed by atoms with Crippen LogP contribution in [0, 0.1) is 20.8 Å². The largest absolute Gasteiger partial charge is 0.451 e. The van der Waals surface area contributed by atoms with E-state index in [1.54, 1.807) is 0 Å². The molecule has 1 N–H and O–H groups in total. The zero-order chi connectivity index (χ0) is 19.1. The van der Waals surface area contributed by atoms with Crippen molar-refractivity contribution in [3.63, 3.8) is 0 Å². The third-order valence-corrected chi connectivity index (χ3v) is 5.35. The molecule has 0 bridgehead atoms. The van der Waals surface area contributed by atoms with Crippen molar-refractivity contribution in [3.8, 4) is 0 Å². The van der Waals surface area contributed by atoms with Gasteiger partial charge in [0.15, 0.2) is 5.76 Å². The van der Waals surface area contributed by atoms with E-state index in [9.17, 15) is 4.79 Å². The van der Waals surface area contributed by atoms with Gasteiger partial charge in [0, 0.05) is 5.39 Å². The van der Waals surface area contributed by atoms with Gasteiger partial charge in [-0.05, 0) is 72.9 Å². The summed E-state index contributed by atoms with van der Waals surface area (Å²) in [5, 5.41) is 6.27. The Bertz CT molecular complexity index is 1170. The first-order chi connectivity index (χ1) is 12.9. The molecule has 0 saturated heterocycles. The highest BCUT2D eigenvalue weighted by atomic mass is 16.3. The van der Waals surface area contributed by atoms with E-state index >= 15 is 0 Å². The summed E-state index contributed by atoms with van der Waals surface area (Å²) in [4.78, 5) is 12.8. The second kappa shape index (κ2) is 6.58. The maximum absolute atomic E-state index is 12.8. The molecular formula is C24H23NO2. The van der Waals surface area contributed by atoms with Crippen molar-refractivity contribution in [1.82, 2.24) is 5.32 Å². The molecule has 136 valence electrons. The average molecular weight is 357 g/mol. The van der Waals surface area contributed by atoms with E-state index in [2.05, 4.69) is 50.4 Å². The van der Waals surface area contributed by atoms with Crippen LogP contribution in [-0.2, 0) is 0 Å². The van der Waals surface area contributed by atoms with Gasteiger partial charge in [-0.3, -0.25) is 4.79 Å². The first kappa shape index (κ1) is 17.3. The van der Waals surface area contributed by atoms with Crippen LogP contribution in [0.1, 0.15) is 45.8 Å². The number of amides is 1. The van der Waals surface area contributed by atoms with E-state index in [0.29, 0.717) is 5.76 Å². The van der Waals surface area contributed by atoms with Gasteiger partial charge in [-0.25, -0.2) is 0 Å². The highest BCUT2D eigenvalue weighted by molar-refractivity contribution is 6.08. The predicted molar refractivity (Wildman–Crippen MR) is 110 cm³/mol. The Kier molecular flexibility index (Phi) is 4.23. The number of carbonyl (C=O) groups is 1. The number of rotatable bonds is 3. The third kappa shape index (κ3) is 3.10. The van der Waals surface area contributed by atoms with Crippen LogP contribution in [0.5, 0.6) is 0 Å². The second-order valence-electron chi connectivity index (χ2n) is 7.30. The molecule has 27 heavy (non-hydrogen) atoms. The molecule has 0 aliphatic rings. The fourth-order valence-electron chi connectivity index (χ4n) is 3.70. The van der Waals surface area contributed by atoms with E-state index in [-0.39, 0.29) is 11.9 Å². The van der Waals surface area contributed by atoms with Gasteiger partial charge in [-0.2, -0.15) is 0 Å². The van der Waals surface area contributed by atoms with Crippen molar-refractivity contribution in [2.45, 2.75) is 33.7 Å². The Morgan fingerprint density at radius 1 is 0.889 bits per heavy atom. The van der Waals surface area contributed by atoms with Crippen LogP contribution in [0.25, 0.3) is 21.7 Å². The monoisotopic (exact) mass is 357 g/mol. The second-order valence-corrected chi connectivity index (χ2v) is 7.30. The number of furan rings is 1. The molecule has 4 aromatic rings. The summed E-state index contributed by atoms with van der Waals surface area (Å²) in [6, 6.07) is 18.1. The summed E-state index contributed by atoms with van der Waals surface area (Å²) in [6.45, 7) is 8.29. The number of hydrogen-bond acceptors (Lipinski definition) is 2. The molecule has 0 aliphatic heterocycles. The Balaban J connectivity index is 1.65. The molecule has 0 fully saturated rings. The SMILES string of the molecule is Cc1cc(C)c([C@@H](C)NC(=O)c2cc3c(ccc4ccccc43)o2)cc1C. The van der Waals surface area contributed by atoms with Crippen molar-refractivity contribution in [1.29, 1.82) is 0 Å². The summed E-state index contributed by atoms with van der Waals surface area (Å²) in [7, 11) is 0. The van der Waals surface area contributed by atoms with Crippen molar-refractivity contribution >= 4 is 27.6 Å². The fraction of sp³-hybridized carbons (Fsp3) is 0.208. The minimum atomic E-state index is -0.194. The third-order valence-electron chi connectivity index (χ3n) is 5.35. The van der Waals surface area contributed by atoms with Crippen LogP contribution in [0.4, 0.5) is 0 Å². The van der Waals surface area contributed by atoms with E-state index < -0.39 is 0 Å². The molecular weight excluding hydrogens is 334 g/mol. The number of benzene rings is 3. The molecule has 0 unspecified atom stereocenters. The predicted octanol–water partition coefficient (Wildman–Crippen LogP) is 6.00. The lowest BCUT2D eigenvalue weighted by molar-refractivity contribution is 0.0914. The molecule has 4 rings (SSSR count).